The minimum absolute atomic E-state index is 0.228. The quantitative estimate of drug-likeness (QED) is 0.654. The van der Waals surface area contributed by atoms with Gasteiger partial charge in [-0.1, -0.05) is 12.1 Å². The summed E-state index contributed by atoms with van der Waals surface area (Å²) in [6.45, 7) is 0. The third-order valence-electron chi connectivity index (χ3n) is 3.23. The van der Waals surface area contributed by atoms with E-state index in [2.05, 4.69) is 4.98 Å². The van der Waals surface area contributed by atoms with Crippen LogP contribution in [-0.2, 0) is 6.18 Å². The lowest BCUT2D eigenvalue weighted by molar-refractivity contribution is -0.137. The van der Waals surface area contributed by atoms with Crippen molar-refractivity contribution in [2.24, 2.45) is 0 Å². The number of aromatic nitrogens is 1. The van der Waals surface area contributed by atoms with Gasteiger partial charge in [0.1, 0.15) is 5.01 Å². The van der Waals surface area contributed by atoms with E-state index in [4.69, 9.17) is 0 Å². The van der Waals surface area contributed by atoms with Crippen LogP contribution in [0.4, 0.5) is 13.2 Å². The molecule has 0 fully saturated rings. The summed E-state index contributed by atoms with van der Waals surface area (Å²) in [4.78, 5) is 4.36. The van der Waals surface area contributed by atoms with Crippen molar-refractivity contribution in [2.45, 2.75) is 6.18 Å². The first-order valence-electron chi connectivity index (χ1n) is 6.50. The van der Waals surface area contributed by atoms with Gasteiger partial charge in [0.05, 0.1) is 11.3 Å². The van der Waals surface area contributed by atoms with Gasteiger partial charge in [-0.25, -0.2) is 4.98 Å². The second-order valence-corrected chi connectivity index (χ2v) is 5.67. The maximum Gasteiger partial charge on any atom is 0.416 e. The van der Waals surface area contributed by atoms with Crippen LogP contribution in [0.2, 0.25) is 0 Å². The van der Waals surface area contributed by atoms with Crippen LogP contribution < -0.4 is 0 Å². The lowest BCUT2D eigenvalue weighted by atomic mass is 10.1. The van der Waals surface area contributed by atoms with E-state index in [0.29, 0.717) is 21.8 Å². The number of hydrogen-bond donors (Lipinski definition) is 2. The Bertz CT molecular complexity index is 841. The van der Waals surface area contributed by atoms with E-state index in [0.717, 1.165) is 12.1 Å². The van der Waals surface area contributed by atoms with Gasteiger partial charge in [0, 0.05) is 16.5 Å². The van der Waals surface area contributed by atoms with Crippen LogP contribution in [0.3, 0.4) is 0 Å². The molecule has 3 nitrogen and oxygen atoms in total. The Morgan fingerprint density at radius 1 is 0.870 bits per heavy atom. The SMILES string of the molecule is Oc1ccc(-c2nc(-c3ccc(C(F)(F)F)cc3)cs2)cc1O. The van der Waals surface area contributed by atoms with Gasteiger partial charge in [0.15, 0.2) is 11.5 Å². The number of benzene rings is 2. The molecule has 118 valence electrons. The van der Waals surface area contributed by atoms with Crippen LogP contribution in [0.25, 0.3) is 21.8 Å². The van der Waals surface area contributed by atoms with Crippen molar-refractivity contribution in [3.8, 4) is 33.3 Å². The van der Waals surface area contributed by atoms with Gasteiger partial charge in [-0.05, 0) is 30.3 Å². The van der Waals surface area contributed by atoms with E-state index in [1.54, 1.807) is 11.4 Å². The Kier molecular flexibility index (Phi) is 3.73. The minimum Gasteiger partial charge on any atom is -0.504 e. The van der Waals surface area contributed by atoms with Crippen molar-refractivity contribution >= 4 is 11.3 Å². The van der Waals surface area contributed by atoms with Crippen molar-refractivity contribution in [1.29, 1.82) is 0 Å². The van der Waals surface area contributed by atoms with Crippen molar-refractivity contribution in [1.82, 2.24) is 4.98 Å². The van der Waals surface area contributed by atoms with Crippen LogP contribution in [0, 0.1) is 0 Å². The summed E-state index contributed by atoms with van der Waals surface area (Å²) in [5.74, 6) is -0.484. The van der Waals surface area contributed by atoms with Gasteiger partial charge in [0.2, 0.25) is 0 Å². The fourth-order valence-corrected chi connectivity index (χ4v) is 2.85. The molecule has 0 amide bonds. The highest BCUT2D eigenvalue weighted by Gasteiger charge is 2.30. The summed E-state index contributed by atoms with van der Waals surface area (Å²) < 4.78 is 37.7. The lowest BCUT2D eigenvalue weighted by Crippen LogP contribution is -2.03. The molecule has 0 aliphatic carbocycles. The van der Waals surface area contributed by atoms with Crippen LogP contribution in [0.15, 0.2) is 47.8 Å². The van der Waals surface area contributed by atoms with Gasteiger partial charge in [0.25, 0.3) is 0 Å². The Hall–Kier alpha value is -2.54. The van der Waals surface area contributed by atoms with E-state index < -0.39 is 11.7 Å². The summed E-state index contributed by atoms with van der Waals surface area (Å²) >= 11 is 1.30. The Balaban J connectivity index is 1.91. The molecule has 2 N–H and O–H groups in total. The molecule has 23 heavy (non-hydrogen) atoms. The van der Waals surface area contributed by atoms with Crippen LogP contribution in [0.1, 0.15) is 5.56 Å². The van der Waals surface area contributed by atoms with Gasteiger partial charge in [-0.3, -0.25) is 0 Å². The number of halogens is 3. The maximum absolute atomic E-state index is 12.6. The second-order valence-electron chi connectivity index (χ2n) is 4.82. The number of phenolic OH excluding ortho intramolecular Hbond substituents is 2. The normalized spacial score (nSPS) is 11.6. The number of nitrogens with zero attached hydrogens (tertiary/aromatic N) is 1. The lowest BCUT2D eigenvalue weighted by Gasteiger charge is -2.06. The number of alkyl halides is 3. The highest BCUT2D eigenvalue weighted by Crippen LogP contribution is 2.35. The molecule has 0 bridgehead atoms. The molecular weight excluding hydrogens is 327 g/mol. The predicted molar refractivity (Wildman–Crippen MR) is 81.3 cm³/mol. The van der Waals surface area contributed by atoms with Crippen molar-refractivity contribution in [3.05, 3.63) is 53.4 Å². The summed E-state index contributed by atoms with van der Waals surface area (Å²) in [6.07, 6.45) is -4.37. The van der Waals surface area contributed by atoms with Gasteiger partial charge < -0.3 is 10.2 Å². The highest BCUT2D eigenvalue weighted by molar-refractivity contribution is 7.13. The molecule has 7 heteroatoms. The molecule has 2 aromatic carbocycles. The molecule has 0 unspecified atom stereocenters. The molecule has 3 aromatic rings. The fourth-order valence-electron chi connectivity index (χ4n) is 2.03. The summed E-state index contributed by atoms with van der Waals surface area (Å²) in [7, 11) is 0. The average Bonchev–Trinajstić information content (AvgIpc) is 2.99. The number of hydrogen-bond acceptors (Lipinski definition) is 4. The third-order valence-corrected chi connectivity index (χ3v) is 4.13. The Morgan fingerprint density at radius 2 is 1.52 bits per heavy atom. The molecule has 0 radical (unpaired) electrons. The predicted octanol–water partition coefficient (Wildman–Crippen LogP) is 4.91. The molecule has 3 rings (SSSR count). The standard InChI is InChI=1S/C16H10F3NO2S/c17-16(18,19)11-4-1-9(2-5-11)12-8-23-15(20-12)10-3-6-13(21)14(22)7-10/h1-8,21-22H. The largest absolute Gasteiger partial charge is 0.504 e. The highest BCUT2D eigenvalue weighted by atomic mass is 32.1. The fraction of sp³-hybridized carbons (Fsp3) is 0.0625. The number of rotatable bonds is 2. The first-order valence-corrected chi connectivity index (χ1v) is 7.38. The summed E-state index contributed by atoms with van der Waals surface area (Å²) in [6, 6.07) is 9.10. The van der Waals surface area contributed by atoms with Crippen LogP contribution in [0.5, 0.6) is 11.5 Å². The minimum atomic E-state index is -4.37. The molecule has 0 aliphatic rings. The van der Waals surface area contributed by atoms with Gasteiger partial charge >= 0.3 is 6.18 Å². The first-order chi connectivity index (χ1) is 10.8. The molecule has 0 atom stereocenters. The van der Waals surface area contributed by atoms with E-state index >= 15 is 0 Å². The molecule has 0 saturated heterocycles. The molecular formula is C16H10F3NO2S. The van der Waals surface area contributed by atoms with E-state index in [-0.39, 0.29) is 11.5 Å². The number of phenols is 2. The van der Waals surface area contributed by atoms with Crippen molar-refractivity contribution in [3.63, 3.8) is 0 Å². The average molecular weight is 337 g/mol. The maximum atomic E-state index is 12.6. The molecule has 1 aromatic heterocycles. The van der Waals surface area contributed by atoms with Crippen LogP contribution >= 0.6 is 11.3 Å². The zero-order valence-electron chi connectivity index (χ0n) is 11.5. The smallest absolute Gasteiger partial charge is 0.416 e. The summed E-state index contributed by atoms with van der Waals surface area (Å²) in [5, 5.41) is 21.1. The zero-order chi connectivity index (χ0) is 16.6. The number of thiazole rings is 1. The second kappa shape index (κ2) is 5.58. The van der Waals surface area contributed by atoms with Gasteiger partial charge in [-0.2, -0.15) is 13.2 Å². The van der Waals surface area contributed by atoms with E-state index in [9.17, 15) is 23.4 Å². The third kappa shape index (κ3) is 3.14. The number of aromatic hydroxyl groups is 2. The van der Waals surface area contributed by atoms with Crippen molar-refractivity contribution < 1.29 is 23.4 Å². The van der Waals surface area contributed by atoms with Crippen LogP contribution in [-0.4, -0.2) is 15.2 Å². The first kappa shape index (κ1) is 15.4. The monoisotopic (exact) mass is 337 g/mol. The summed E-state index contributed by atoms with van der Waals surface area (Å²) in [5.41, 5.74) is 1.03. The molecule has 1 heterocycles. The van der Waals surface area contributed by atoms with Crippen molar-refractivity contribution in [2.75, 3.05) is 0 Å². The van der Waals surface area contributed by atoms with E-state index in [1.165, 1.54) is 35.6 Å². The zero-order valence-corrected chi connectivity index (χ0v) is 12.3. The molecule has 0 saturated carbocycles. The molecule has 0 spiro atoms. The van der Waals surface area contributed by atoms with Gasteiger partial charge in [-0.15, -0.1) is 11.3 Å². The van der Waals surface area contributed by atoms with E-state index in [1.807, 2.05) is 0 Å². The Labute approximate surface area is 133 Å². The molecule has 0 aliphatic heterocycles. The topological polar surface area (TPSA) is 53.4 Å². The Morgan fingerprint density at radius 3 is 2.13 bits per heavy atom.